The van der Waals surface area contributed by atoms with Crippen molar-refractivity contribution in [2.45, 2.75) is 105 Å². The highest BCUT2D eigenvalue weighted by Crippen LogP contribution is 2.70. The van der Waals surface area contributed by atoms with E-state index in [0.717, 1.165) is 30.6 Å². The summed E-state index contributed by atoms with van der Waals surface area (Å²) in [5, 5.41) is 23.8. The molecule has 4 saturated carbocycles. The molecular weight excluding hydrogens is 452 g/mol. The van der Waals surface area contributed by atoms with Crippen molar-refractivity contribution in [1.82, 2.24) is 0 Å². The van der Waals surface area contributed by atoms with Crippen molar-refractivity contribution < 1.29 is 24.5 Å². The van der Waals surface area contributed by atoms with Gasteiger partial charge in [0.05, 0.1) is 11.5 Å². The molecule has 4 fully saturated rings. The predicted molar refractivity (Wildman–Crippen MR) is 139 cm³/mol. The molecule has 5 rings (SSSR count). The molecule has 0 spiro atoms. The van der Waals surface area contributed by atoms with E-state index in [-0.39, 0.29) is 29.5 Å². The van der Waals surface area contributed by atoms with Crippen molar-refractivity contribution in [3.8, 4) is 0 Å². The molecule has 0 aliphatic heterocycles. The van der Waals surface area contributed by atoms with E-state index >= 15 is 0 Å². The van der Waals surface area contributed by atoms with Gasteiger partial charge in [-0.3, -0.25) is 9.59 Å². The van der Waals surface area contributed by atoms with E-state index in [2.05, 4.69) is 34.6 Å². The Morgan fingerprint density at radius 3 is 2.44 bits per heavy atom. The van der Waals surface area contributed by atoms with Gasteiger partial charge in [0.15, 0.2) is 5.78 Å². The van der Waals surface area contributed by atoms with E-state index in [9.17, 15) is 19.8 Å². The zero-order valence-electron chi connectivity index (χ0n) is 23.4. The minimum Gasteiger partial charge on any atom is -0.459 e. The first kappa shape index (κ1) is 26.4. The van der Waals surface area contributed by atoms with E-state index in [4.69, 9.17) is 4.74 Å². The lowest BCUT2D eigenvalue weighted by Gasteiger charge is -2.64. The third kappa shape index (κ3) is 3.54. The molecule has 0 bridgehead atoms. The van der Waals surface area contributed by atoms with E-state index < -0.39 is 29.2 Å². The maximum atomic E-state index is 13.5. The largest absolute Gasteiger partial charge is 0.459 e. The van der Waals surface area contributed by atoms with Crippen LogP contribution in [-0.2, 0) is 14.3 Å². The van der Waals surface area contributed by atoms with Gasteiger partial charge in [-0.25, -0.2) is 0 Å². The fourth-order valence-corrected chi connectivity index (χ4v) is 10.3. The highest BCUT2D eigenvalue weighted by atomic mass is 16.6. The van der Waals surface area contributed by atoms with E-state index in [1.165, 1.54) is 13.3 Å². The minimum absolute atomic E-state index is 0.00560. The van der Waals surface area contributed by atoms with Gasteiger partial charge in [-0.05, 0) is 104 Å². The Kier molecular flexibility index (Phi) is 6.35. The summed E-state index contributed by atoms with van der Waals surface area (Å²) in [7, 11) is 0. The number of carbonyl (C=O) groups excluding carboxylic acids is 2. The van der Waals surface area contributed by atoms with Gasteiger partial charge in [-0.2, -0.15) is 0 Å². The molecule has 5 nitrogen and oxygen atoms in total. The van der Waals surface area contributed by atoms with Crippen LogP contribution in [0.4, 0.5) is 0 Å². The Labute approximate surface area is 217 Å². The maximum absolute atomic E-state index is 13.5. The fraction of sp³-hybridized carbons (Fsp3) is 0.871. The zero-order chi connectivity index (χ0) is 26.4. The molecule has 5 aliphatic rings. The van der Waals surface area contributed by atoms with E-state index in [1.54, 1.807) is 12.2 Å². The lowest BCUT2D eigenvalue weighted by Crippen LogP contribution is -2.72. The molecule has 13 atom stereocenters. The molecule has 5 heteroatoms. The molecule has 0 aromatic carbocycles. The van der Waals surface area contributed by atoms with Crippen LogP contribution >= 0.6 is 0 Å². The SMILES string of the molecule is CC(=O)O[C@@H]1C[C@@H]2[C@H]([C@H](O)C[C@]3(C)[C@@H]([C@H](C)[C@H]4C[C@H]4[C@H](C)C(C)C)CC[C@@H]23)[C@@]2(C)C(=O)C=CC[C@]12O. The first-order chi connectivity index (χ1) is 16.8. The summed E-state index contributed by atoms with van der Waals surface area (Å²) in [6, 6.07) is 0. The fourth-order valence-electron chi connectivity index (χ4n) is 10.3. The van der Waals surface area contributed by atoms with Gasteiger partial charge >= 0.3 is 5.97 Å². The van der Waals surface area contributed by atoms with Crippen molar-refractivity contribution in [3.05, 3.63) is 12.2 Å². The number of carbonyl (C=O) groups is 2. The normalized spacial score (nSPS) is 51.2. The van der Waals surface area contributed by atoms with Crippen molar-refractivity contribution >= 4 is 11.8 Å². The molecule has 2 N–H and O–H groups in total. The number of rotatable bonds is 5. The summed E-state index contributed by atoms with van der Waals surface area (Å²) in [6.07, 6.45) is 6.93. The van der Waals surface area contributed by atoms with Crippen molar-refractivity contribution in [2.24, 2.45) is 64.1 Å². The van der Waals surface area contributed by atoms with Crippen LogP contribution in [0.2, 0.25) is 0 Å². The first-order valence-electron chi connectivity index (χ1n) is 14.6. The molecule has 0 aromatic heterocycles. The Balaban J connectivity index is 1.47. The number of hydrogen-bond donors (Lipinski definition) is 2. The summed E-state index contributed by atoms with van der Waals surface area (Å²) in [5.41, 5.74) is -2.65. The third-order valence-corrected chi connectivity index (χ3v) is 12.6. The predicted octanol–water partition coefficient (Wildman–Crippen LogP) is 5.18. The molecule has 0 aromatic rings. The number of esters is 1. The lowest BCUT2D eigenvalue weighted by molar-refractivity contribution is -0.257. The Hall–Kier alpha value is -1.20. The number of allylic oxidation sites excluding steroid dienone is 1. The quantitative estimate of drug-likeness (QED) is 0.508. The third-order valence-electron chi connectivity index (χ3n) is 12.6. The molecule has 0 amide bonds. The molecule has 0 unspecified atom stereocenters. The van der Waals surface area contributed by atoms with Crippen LogP contribution in [0.1, 0.15) is 87.0 Å². The summed E-state index contributed by atoms with van der Waals surface area (Å²) >= 11 is 0. The van der Waals surface area contributed by atoms with Gasteiger partial charge in [-0.1, -0.05) is 40.7 Å². The molecular formula is C31H48O5. The average Bonchev–Trinajstić information content (AvgIpc) is 3.50. The molecule has 0 saturated heterocycles. The number of aliphatic hydroxyl groups excluding tert-OH is 1. The van der Waals surface area contributed by atoms with Crippen LogP contribution in [0.25, 0.3) is 0 Å². The smallest absolute Gasteiger partial charge is 0.303 e. The Morgan fingerprint density at radius 2 is 1.81 bits per heavy atom. The molecule has 0 radical (unpaired) electrons. The second kappa shape index (κ2) is 8.66. The second-order valence-electron chi connectivity index (χ2n) is 14.2. The summed E-state index contributed by atoms with van der Waals surface area (Å²) in [6.45, 7) is 15.1. The summed E-state index contributed by atoms with van der Waals surface area (Å²) in [5.74, 6) is 3.72. The van der Waals surface area contributed by atoms with Gasteiger partial charge in [0.2, 0.25) is 0 Å². The molecule has 202 valence electrons. The Morgan fingerprint density at radius 1 is 1.11 bits per heavy atom. The molecule has 36 heavy (non-hydrogen) atoms. The van der Waals surface area contributed by atoms with E-state index in [0.29, 0.717) is 36.5 Å². The summed E-state index contributed by atoms with van der Waals surface area (Å²) in [4.78, 5) is 25.6. The van der Waals surface area contributed by atoms with Crippen molar-refractivity contribution in [3.63, 3.8) is 0 Å². The summed E-state index contributed by atoms with van der Waals surface area (Å²) < 4.78 is 5.77. The number of aliphatic hydroxyl groups is 2. The Bertz CT molecular complexity index is 941. The second-order valence-corrected chi connectivity index (χ2v) is 14.2. The van der Waals surface area contributed by atoms with Crippen LogP contribution in [0, 0.1) is 64.1 Å². The van der Waals surface area contributed by atoms with E-state index in [1.807, 2.05) is 6.92 Å². The van der Waals surface area contributed by atoms with Crippen LogP contribution in [0.15, 0.2) is 12.2 Å². The van der Waals surface area contributed by atoms with Crippen LogP contribution in [-0.4, -0.2) is 39.8 Å². The van der Waals surface area contributed by atoms with Gasteiger partial charge < -0.3 is 14.9 Å². The highest BCUT2D eigenvalue weighted by Gasteiger charge is 2.72. The van der Waals surface area contributed by atoms with Crippen molar-refractivity contribution in [1.29, 1.82) is 0 Å². The maximum Gasteiger partial charge on any atom is 0.303 e. The lowest BCUT2D eigenvalue weighted by atomic mass is 9.42. The van der Waals surface area contributed by atoms with Crippen molar-refractivity contribution in [2.75, 3.05) is 0 Å². The number of ether oxygens (including phenoxy) is 1. The topological polar surface area (TPSA) is 83.8 Å². The number of fused-ring (bicyclic) bond motifs is 5. The van der Waals surface area contributed by atoms with Crippen LogP contribution in [0.5, 0.6) is 0 Å². The number of hydrogen-bond acceptors (Lipinski definition) is 5. The average molecular weight is 501 g/mol. The van der Waals surface area contributed by atoms with Gasteiger partial charge in [0.1, 0.15) is 11.7 Å². The first-order valence-corrected chi connectivity index (χ1v) is 14.6. The van der Waals surface area contributed by atoms with Gasteiger partial charge in [-0.15, -0.1) is 0 Å². The zero-order valence-corrected chi connectivity index (χ0v) is 23.4. The minimum atomic E-state index is -1.49. The van der Waals surface area contributed by atoms with Gasteiger partial charge in [0.25, 0.3) is 0 Å². The van der Waals surface area contributed by atoms with Crippen LogP contribution < -0.4 is 0 Å². The number of ketones is 1. The molecule has 5 aliphatic carbocycles. The van der Waals surface area contributed by atoms with Gasteiger partial charge in [0, 0.05) is 12.8 Å². The monoisotopic (exact) mass is 500 g/mol. The van der Waals surface area contributed by atoms with Crippen LogP contribution in [0.3, 0.4) is 0 Å². The standard InChI is InChI=1S/C31H48O5/c1-16(2)17(3)20-13-21(20)18(4)23-10-11-24-22-14-27(36-19(5)32)31(35)12-8-9-26(34)30(31,7)28(22)25(33)15-29(23,24)6/h8-9,16-18,20-25,27-28,33,35H,10-15H2,1-7H3/t17-,18-,20+,21-,22+,23-,24+,25-,27-,28-,29-,30-,31+/m1/s1. The molecule has 0 heterocycles. The highest BCUT2D eigenvalue weighted by molar-refractivity contribution is 5.97.